The predicted molar refractivity (Wildman–Crippen MR) is 77.8 cm³/mol. The second-order valence-electron chi connectivity index (χ2n) is 6.19. The van der Waals surface area contributed by atoms with Crippen LogP contribution < -0.4 is 5.32 Å². The molecule has 0 aromatic carbocycles. The van der Waals surface area contributed by atoms with Crippen molar-refractivity contribution in [1.82, 2.24) is 10.2 Å². The van der Waals surface area contributed by atoms with Crippen molar-refractivity contribution in [3.8, 4) is 0 Å². The van der Waals surface area contributed by atoms with E-state index in [4.69, 9.17) is 0 Å². The minimum atomic E-state index is 0.814. The summed E-state index contributed by atoms with van der Waals surface area (Å²) in [7, 11) is 2.26. The van der Waals surface area contributed by atoms with Gasteiger partial charge in [-0.1, -0.05) is 6.92 Å². The molecule has 100 valence electrons. The third kappa shape index (κ3) is 3.56. The van der Waals surface area contributed by atoms with Crippen molar-refractivity contribution in [1.29, 1.82) is 0 Å². The Morgan fingerprint density at radius 1 is 1.33 bits per heavy atom. The van der Waals surface area contributed by atoms with Gasteiger partial charge in [-0.05, 0) is 50.3 Å². The van der Waals surface area contributed by atoms with Crippen LogP contribution in [0.1, 0.15) is 35.9 Å². The van der Waals surface area contributed by atoms with E-state index in [2.05, 4.69) is 36.3 Å². The summed E-state index contributed by atoms with van der Waals surface area (Å²) in [6.45, 7) is 5.83. The maximum atomic E-state index is 3.58. The maximum Gasteiger partial charge on any atom is 0.0325 e. The summed E-state index contributed by atoms with van der Waals surface area (Å²) in [5, 5.41) is 3.58. The van der Waals surface area contributed by atoms with Gasteiger partial charge >= 0.3 is 0 Å². The highest BCUT2D eigenvalue weighted by molar-refractivity contribution is 7.11. The quantitative estimate of drug-likeness (QED) is 0.814. The molecule has 0 saturated heterocycles. The lowest BCUT2D eigenvalue weighted by molar-refractivity contribution is 0.310. The number of nitrogens with zero attached hydrogens (tertiary/aromatic N) is 1. The molecule has 3 rings (SSSR count). The summed E-state index contributed by atoms with van der Waals surface area (Å²) in [6, 6.07) is 5.42. The zero-order valence-electron chi connectivity index (χ0n) is 11.5. The van der Waals surface area contributed by atoms with Crippen LogP contribution in [0.25, 0.3) is 0 Å². The van der Waals surface area contributed by atoms with E-state index in [1.807, 2.05) is 11.3 Å². The lowest BCUT2D eigenvalue weighted by atomic mass is 10.3. The SMILES string of the molecule is CC1CC1CN(C)Cc1ccc(CNC2CC2)s1. The third-order valence-corrected chi connectivity index (χ3v) is 5.18. The average molecular weight is 264 g/mol. The first-order chi connectivity index (χ1) is 8.70. The zero-order valence-corrected chi connectivity index (χ0v) is 12.3. The van der Waals surface area contributed by atoms with E-state index in [0.717, 1.165) is 31.0 Å². The Kier molecular flexibility index (Phi) is 3.73. The smallest absolute Gasteiger partial charge is 0.0325 e. The number of nitrogens with one attached hydrogen (secondary N) is 1. The summed E-state index contributed by atoms with van der Waals surface area (Å²) in [4.78, 5) is 5.49. The largest absolute Gasteiger partial charge is 0.309 e. The molecule has 0 aliphatic heterocycles. The van der Waals surface area contributed by atoms with E-state index in [1.54, 1.807) is 0 Å². The van der Waals surface area contributed by atoms with Crippen LogP contribution in [-0.2, 0) is 13.1 Å². The van der Waals surface area contributed by atoms with Gasteiger partial charge in [0.15, 0.2) is 0 Å². The van der Waals surface area contributed by atoms with Gasteiger partial charge in [-0.25, -0.2) is 0 Å². The van der Waals surface area contributed by atoms with Crippen LogP contribution in [0.2, 0.25) is 0 Å². The molecule has 2 atom stereocenters. The summed E-state index contributed by atoms with van der Waals surface area (Å²) in [5.74, 6) is 1.93. The second-order valence-corrected chi connectivity index (χ2v) is 7.45. The van der Waals surface area contributed by atoms with Gasteiger partial charge in [-0.15, -0.1) is 11.3 Å². The molecule has 2 aliphatic carbocycles. The molecule has 2 saturated carbocycles. The van der Waals surface area contributed by atoms with Gasteiger partial charge in [0.1, 0.15) is 0 Å². The number of thiophene rings is 1. The molecule has 0 spiro atoms. The molecule has 2 fully saturated rings. The van der Waals surface area contributed by atoms with Crippen molar-refractivity contribution >= 4 is 11.3 Å². The standard InChI is InChI=1S/C15H24N2S/c1-11-7-12(11)9-17(2)10-15-6-5-14(18-15)8-16-13-3-4-13/h5-6,11-13,16H,3-4,7-10H2,1-2H3. The number of hydrogen-bond acceptors (Lipinski definition) is 3. The van der Waals surface area contributed by atoms with Crippen LogP contribution in [0.5, 0.6) is 0 Å². The molecule has 0 bridgehead atoms. The van der Waals surface area contributed by atoms with E-state index in [0.29, 0.717) is 0 Å². The number of hydrogen-bond donors (Lipinski definition) is 1. The summed E-state index contributed by atoms with van der Waals surface area (Å²) >= 11 is 1.98. The molecule has 1 aromatic heterocycles. The Morgan fingerprint density at radius 2 is 2.06 bits per heavy atom. The summed E-state index contributed by atoms with van der Waals surface area (Å²) < 4.78 is 0. The maximum absolute atomic E-state index is 3.58. The van der Waals surface area contributed by atoms with Crippen molar-refractivity contribution in [3.05, 3.63) is 21.9 Å². The van der Waals surface area contributed by atoms with E-state index < -0.39 is 0 Å². The van der Waals surface area contributed by atoms with Crippen LogP contribution in [0.15, 0.2) is 12.1 Å². The van der Waals surface area contributed by atoms with Crippen LogP contribution in [0, 0.1) is 11.8 Å². The first kappa shape index (κ1) is 12.6. The van der Waals surface area contributed by atoms with Gasteiger partial charge in [-0.3, -0.25) is 0 Å². The van der Waals surface area contributed by atoms with Crippen molar-refractivity contribution in [3.63, 3.8) is 0 Å². The van der Waals surface area contributed by atoms with Gasteiger partial charge < -0.3 is 10.2 Å². The molecule has 0 amide bonds. The molecule has 2 aliphatic rings. The Labute approximate surface area is 114 Å². The van der Waals surface area contributed by atoms with Crippen LogP contribution in [-0.4, -0.2) is 24.5 Å². The van der Waals surface area contributed by atoms with E-state index >= 15 is 0 Å². The molecule has 1 aromatic rings. The molecule has 1 N–H and O–H groups in total. The fourth-order valence-electron chi connectivity index (χ4n) is 2.52. The fourth-order valence-corrected chi connectivity index (χ4v) is 3.57. The zero-order chi connectivity index (χ0) is 12.5. The normalized spacial score (nSPS) is 26.8. The molecule has 0 radical (unpaired) electrons. The van der Waals surface area contributed by atoms with Crippen molar-refractivity contribution in [2.45, 2.75) is 45.3 Å². The minimum Gasteiger partial charge on any atom is -0.309 e. The molecule has 2 unspecified atom stereocenters. The van der Waals surface area contributed by atoms with Gasteiger partial charge in [-0.2, -0.15) is 0 Å². The van der Waals surface area contributed by atoms with Gasteiger partial charge in [0.25, 0.3) is 0 Å². The Hall–Kier alpha value is -0.380. The molecule has 18 heavy (non-hydrogen) atoms. The van der Waals surface area contributed by atoms with E-state index in [9.17, 15) is 0 Å². The van der Waals surface area contributed by atoms with Gasteiger partial charge in [0.05, 0.1) is 0 Å². The molecule has 1 heterocycles. The summed E-state index contributed by atoms with van der Waals surface area (Å²) in [6.07, 6.45) is 4.19. The Balaban J connectivity index is 1.43. The van der Waals surface area contributed by atoms with E-state index in [-0.39, 0.29) is 0 Å². The van der Waals surface area contributed by atoms with Crippen LogP contribution >= 0.6 is 11.3 Å². The Bertz CT molecular complexity index is 397. The first-order valence-corrected chi connectivity index (χ1v) is 8.02. The second kappa shape index (κ2) is 5.32. The predicted octanol–water partition coefficient (Wildman–Crippen LogP) is 3.09. The first-order valence-electron chi connectivity index (χ1n) is 7.20. The highest BCUT2D eigenvalue weighted by atomic mass is 32.1. The van der Waals surface area contributed by atoms with Gasteiger partial charge in [0, 0.05) is 35.4 Å². The monoisotopic (exact) mass is 264 g/mol. The van der Waals surface area contributed by atoms with Crippen LogP contribution in [0.4, 0.5) is 0 Å². The molecule has 2 nitrogen and oxygen atoms in total. The average Bonchev–Trinajstić information content (AvgIpc) is 3.22. The summed E-state index contributed by atoms with van der Waals surface area (Å²) in [5.41, 5.74) is 0. The van der Waals surface area contributed by atoms with Crippen LogP contribution in [0.3, 0.4) is 0 Å². The lowest BCUT2D eigenvalue weighted by Gasteiger charge is -2.15. The molecular formula is C15H24N2S. The topological polar surface area (TPSA) is 15.3 Å². The number of rotatable bonds is 7. The van der Waals surface area contributed by atoms with Crippen molar-refractivity contribution in [2.24, 2.45) is 11.8 Å². The van der Waals surface area contributed by atoms with E-state index in [1.165, 1.54) is 35.6 Å². The molecular weight excluding hydrogens is 240 g/mol. The third-order valence-electron chi connectivity index (χ3n) is 4.11. The highest BCUT2D eigenvalue weighted by Gasteiger charge is 2.33. The highest BCUT2D eigenvalue weighted by Crippen LogP contribution is 2.38. The fraction of sp³-hybridized carbons (Fsp3) is 0.733. The van der Waals surface area contributed by atoms with Gasteiger partial charge in [0.2, 0.25) is 0 Å². The Morgan fingerprint density at radius 3 is 2.72 bits per heavy atom. The molecule has 3 heteroatoms. The lowest BCUT2D eigenvalue weighted by Crippen LogP contribution is -2.20. The van der Waals surface area contributed by atoms with Crippen molar-refractivity contribution < 1.29 is 0 Å². The van der Waals surface area contributed by atoms with Crippen molar-refractivity contribution in [2.75, 3.05) is 13.6 Å². The minimum absolute atomic E-state index is 0.814.